The highest BCUT2D eigenvalue weighted by Crippen LogP contribution is 2.28. The van der Waals surface area contributed by atoms with Crippen LogP contribution in [0.1, 0.15) is 40.0 Å². The fourth-order valence-electron chi connectivity index (χ4n) is 4.67. The molecule has 2 aliphatic rings. The standard InChI is InChI=1S/C25H24N4O4/c1-15-10-17-4-2-3-5-20(17)28(15)14-23(31)26-12-16-6-7-18-13-29(25(33)19(18)11-16)21-8-9-22(30)27-24(21)32/h2-7,10-11,21H,8-9,12-14H2,1H3,(H,26,31)(H,27,30,32). The molecule has 33 heavy (non-hydrogen) atoms. The average molecular weight is 444 g/mol. The first kappa shape index (κ1) is 20.9. The van der Waals surface area contributed by atoms with E-state index in [1.165, 1.54) is 4.90 Å². The lowest BCUT2D eigenvalue weighted by molar-refractivity contribution is -0.137. The smallest absolute Gasteiger partial charge is 0.255 e. The number of fused-ring (bicyclic) bond motifs is 2. The minimum absolute atomic E-state index is 0.114. The summed E-state index contributed by atoms with van der Waals surface area (Å²) in [5.74, 6) is -1.06. The largest absolute Gasteiger partial charge is 0.350 e. The van der Waals surface area contributed by atoms with E-state index in [1.54, 1.807) is 6.07 Å². The number of aromatic nitrogens is 1. The number of nitrogens with zero attached hydrogens (tertiary/aromatic N) is 2. The Bertz CT molecular complexity index is 1310. The molecular formula is C25H24N4O4. The molecule has 1 atom stereocenters. The van der Waals surface area contributed by atoms with E-state index in [0.29, 0.717) is 25.1 Å². The van der Waals surface area contributed by atoms with Gasteiger partial charge in [0.2, 0.25) is 17.7 Å². The molecule has 1 aromatic heterocycles. The van der Waals surface area contributed by atoms with Crippen LogP contribution in [0, 0.1) is 6.92 Å². The summed E-state index contributed by atoms with van der Waals surface area (Å²) in [4.78, 5) is 50.7. The molecule has 0 saturated carbocycles. The molecule has 3 aromatic rings. The zero-order valence-corrected chi connectivity index (χ0v) is 18.3. The van der Waals surface area contributed by atoms with Crippen LogP contribution < -0.4 is 10.6 Å². The molecular weight excluding hydrogens is 420 g/mol. The van der Waals surface area contributed by atoms with Crippen LogP contribution in [0.25, 0.3) is 10.9 Å². The minimum atomic E-state index is -0.634. The van der Waals surface area contributed by atoms with E-state index in [9.17, 15) is 19.2 Å². The van der Waals surface area contributed by atoms with Gasteiger partial charge in [-0.15, -0.1) is 0 Å². The number of aryl methyl sites for hydroxylation is 1. The van der Waals surface area contributed by atoms with Crippen molar-refractivity contribution in [2.45, 2.75) is 45.4 Å². The first-order chi connectivity index (χ1) is 15.9. The van der Waals surface area contributed by atoms with Crippen molar-refractivity contribution in [3.8, 4) is 0 Å². The van der Waals surface area contributed by atoms with Gasteiger partial charge in [-0.25, -0.2) is 0 Å². The predicted molar refractivity (Wildman–Crippen MR) is 121 cm³/mol. The van der Waals surface area contributed by atoms with Gasteiger partial charge in [-0.05, 0) is 48.1 Å². The lowest BCUT2D eigenvalue weighted by Crippen LogP contribution is -2.52. The zero-order valence-electron chi connectivity index (χ0n) is 18.3. The van der Waals surface area contributed by atoms with E-state index >= 15 is 0 Å². The molecule has 0 bridgehead atoms. The number of nitrogens with one attached hydrogen (secondary N) is 2. The number of piperidine rings is 1. The van der Waals surface area contributed by atoms with Crippen LogP contribution in [-0.4, -0.2) is 39.1 Å². The molecule has 2 aliphatic heterocycles. The molecule has 3 heterocycles. The number of benzene rings is 2. The summed E-state index contributed by atoms with van der Waals surface area (Å²) in [6, 6.07) is 14.9. The van der Waals surface area contributed by atoms with Crippen molar-refractivity contribution in [1.29, 1.82) is 0 Å². The third-order valence-corrected chi connectivity index (χ3v) is 6.40. The fraction of sp³-hybridized carbons (Fsp3) is 0.280. The maximum Gasteiger partial charge on any atom is 0.255 e. The van der Waals surface area contributed by atoms with Crippen molar-refractivity contribution in [2.75, 3.05) is 0 Å². The maximum absolute atomic E-state index is 13.0. The van der Waals surface area contributed by atoms with Crippen LogP contribution in [0.2, 0.25) is 0 Å². The number of hydrogen-bond acceptors (Lipinski definition) is 4. The lowest BCUT2D eigenvalue weighted by Gasteiger charge is -2.29. The number of hydrogen-bond donors (Lipinski definition) is 2. The molecule has 0 spiro atoms. The van der Waals surface area contributed by atoms with Gasteiger partial charge in [0.05, 0.1) is 0 Å². The number of carbonyl (C=O) groups excluding carboxylic acids is 4. The molecule has 2 aromatic carbocycles. The Morgan fingerprint density at radius 2 is 1.94 bits per heavy atom. The van der Waals surface area contributed by atoms with Gasteiger partial charge < -0.3 is 14.8 Å². The monoisotopic (exact) mass is 444 g/mol. The van der Waals surface area contributed by atoms with Crippen LogP contribution in [-0.2, 0) is 34.0 Å². The highest BCUT2D eigenvalue weighted by molar-refractivity contribution is 6.05. The van der Waals surface area contributed by atoms with Crippen molar-refractivity contribution in [3.63, 3.8) is 0 Å². The lowest BCUT2D eigenvalue weighted by atomic mass is 10.0. The Labute approximate surface area is 190 Å². The van der Waals surface area contributed by atoms with Gasteiger partial charge in [-0.2, -0.15) is 0 Å². The Morgan fingerprint density at radius 1 is 1.12 bits per heavy atom. The van der Waals surface area contributed by atoms with Crippen LogP contribution in [0.3, 0.4) is 0 Å². The van der Waals surface area contributed by atoms with E-state index in [1.807, 2.05) is 47.9 Å². The number of amides is 4. The van der Waals surface area contributed by atoms with Gasteiger partial charge in [-0.1, -0.05) is 30.3 Å². The summed E-state index contributed by atoms with van der Waals surface area (Å²) >= 11 is 0. The molecule has 4 amide bonds. The summed E-state index contributed by atoms with van der Waals surface area (Å²) in [5.41, 5.74) is 4.23. The predicted octanol–water partition coefficient (Wildman–Crippen LogP) is 2.03. The van der Waals surface area contributed by atoms with Gasteiger partial charge in [0.15, 0.2) is 0 Å². The molecule has 1 saturated heterocycles. The van der Waals surface area contributed by atoms with Gasteiger partial charge in [0.25, 0.3) is 5.91 Å². The second-order valence-corrected chi connectivity index (χ2v) is 8.60. The van der Waals surface area contributed by atoms with Crippen LogP contribution >= 0.6 is 0 Å². The summed E-state index contributed by atoms with van der Waals surface area (Å²) in [6.07, 6.45) is 0.560. The van der Waals surface area contributed by atoms with E-state index in [2.05, 4.69) is 16.7 Å². The molecule has 1 unspecified atom stereocenters. The third kappa shape index (κ3) is 3.88. The van der Waals surface area contributed by atoms with Crippen LogP contribution in [0.4, 0.5) is 0 Å². The SMILES string of the molecule is Cc1cc2ccccc2n1CC(=O)NCc1ccc2c(c1)C(=O)N(C1CCC(=O)NC1=O)C2. The number of carbonyl (C=O) groups is 4. The van der Waals surface area contributed by atoms with Gasteiger partial charge in [0, 0.05) is 36.3 Å². The van der Waals surface area contributed by atoms with Gasteiger partial charge >= 0.3 is 0 Å². The van der Waals surface area contributed by atoms with E-state index in [-0.39, 0.29) is 30.7 Å². The fourth-order valence-corrected chi connectivity index (χ4v) is 4.67. The molecule has 0 aliphatic carbocycles. The summed E-state index contributed by atoms with van der Waals surface area (Å²) in [6.45, 7) is 2.84. The van der Waals surface area contributed by atoms with E-state index < -0.39 is 11.9 Å². The maximum atomic E-state index is 13.0. The van der Waals surface area contributed by atoms with Gasteiger partial charge in [0.1, 0.15) is 12.6 Å². The zero-order chi connectivity index (χ0) is 23.1. The second-order valence-electron chi connectivity index (χ2n) is 8.60. The number of rotatable bonds is 5. The third-order valence-electron chi connectivity index (χ3n) is 6.40. The van der Waals surface area contributed by atoms with Crippen molar-refractivity contribution in [2.24, 2.45) is 0 Å². The highest BCUT2D eigenvalue weighted by atomic mass is 16.2. The quantitative estimate of drug-likeness (QED) is 0.588. The normalized spacial score (nSPS) is 17.9. The second kappa shape index (κ2) is 8.20. The molecule has 8 heteroatoms. The van der Waals surface area contributed by atoms with Crippen molar-refractivity contribution >= 4 is 34.5 Å². The number of imide groups is 1. The first-order valence-corrected chi connectivity index (χ1v) is 11.0. The molecule has 0 radical (unpaired) electrons. The van der Waals surface area contributed by atoms with Crippen LogP contribution in [0.5, 0.6) is 0 Å². The van der Waals surface area contributed by atoms with Crippen molar-refractivity contribution in [3.05, 3.63) is 70.9 Å². The summed E-state index contributed by atoms with van der Waals surface area (Å²) in [5, 5.41) is 6.34. The molecule has 1 fully saturated rings. The minimum Gasteiger partial charge on any atom is -0.350 e. The Kier molecular flexibility index (Phi) is 5.20. The van der Waals surface area contributed by atoms with Crippen LogP contribution in [0.15, 0.2) is 48.5 Å². The molecule has 168 valence electrons. The Balaban J connectivity index is 1.25. The van der Waals surface area contributed by atoms with Crippen molar-refractivity contribution in [1.82, 2.24) is 20.1 Å². The molecule has 2 N–H and O–H groups in total. The van der Waals surface area contributed by atoms with Gasteiger partial charge in [-0.3, -0.25) is 24.5 Å². The molecule has 8 nitrogen and oxygen atoms in total. The highest BCUT2D eigenvalue weighted by Gasteiger charge is 2.39. The number of para-hydroxylation sites is 1. The Morgan fingerprint density at radius 3 is 2.76 bits per heavy atom. The summed E-state index contributed by atoms with van der Waals surface area (Å²) in [7, 11) is 0. The topological polar surface area (TPSA) is 101 Å². The molecule has 5 rings (SSSR count). The van der Waals surface area contributed by atoms with E-state index in [0.717, 1.165) is 27.7 Å². The average Bonchev–Trinajstić information content (AvgIpc) is 3.29. The Hall–Kier alpha value is -3.94. The van der Waals surface area contributed by atoms with E-state index in [4.69, 9.17) is 0 Å². The first-order valence-electron chi connectivity index (χ1n) is 11.0. The van der Waals surface area contributed by atoms with Crippen molar-refractivity contribution < 1.29 is 19.2 Å². The summed E-state index contributed by atoms with van der Waals surface area (Å²) < 4.78 is 1.98.